The first-order chi connectivity index (χ1) is 7.22. The Balaban J connectivity index is 2.30. The maximum atomic E-state index is 4.14. The fraction of sp³-hybridized carbons (Fsp3) is 0.636. The smallest absolute Gasteiger partial charge is 0.131 e. The molecule has 0 atom stereocenters. The molecule has 0 aliphatic rings. The number of aromatic nitrogens is 2. The van der Waals surface area contributed by atoms with Gasteiger partial charge in [0.25, 0.3) is 0 Å². The fourth-order valence-electron chi connectivity index (χ4n) is 1.32. The summed E-state index contributed by atoms with van der Waals surface area (Å²) in [5.74, 6) is 2.50. The quantitative estimate of drug-likeness (QED) is 0.705. The lowest BCUT2D eigenvalue weighted by molar-refractivity contribution is 0.566. The number of hydrogen-bond donors (Lipinski definition) is 2. The number of nitrogens with one attached hydrogen (secondary N) is 2. The third-order valence-electron chi connectivity index (χ3n) is 2.19. The predicted molar refractivity (Wildman–Crippen MR) is 64.1 cm³/mol. The highest BCUT2D eigenvalue weighted by molar-refractivity contribution is 5.45. The SMILES string of the molecule is CNc1cc(NCCCC(C)C)ncn1. The largest absolute Gasteiger partial charge is 0.373 e. The molecule has 15 heavy (non-hydrogen) atoms. The van der Waals surface area contributed by atoms with Crippen molar-refractivity contribution in [1.29, 1.82) is 0 Å². The van der Waals surface area contributed by atoms with Crippen molar-refractivity contribution >= 4 is 11.6 Å². The summed E-state index contributed by atoms with van der Waals surface area (Å²) < 4.78 is 0. The average molecular weight is 208 g/mol. The van der Waals surface area contributed by atoms with Crippen molar-refractivity contribution < 1.29 is 0 Å². The predicted octanol–water partition coefficient (Wildman–Crippen LogP) is 2.37. The van der Waals surface area contributed by atoms with Gasteiger partial charge in [0, 0.05) is 19.7 Å². The van der Waals surface area contributed by atoms with Crippen molar-refractivity contribution in [2.24, 2.45) is 5.92 Å². The van der Waals surface area contributed by atoms with E-state index >= 15 is 0 Å². The van der Waals surface area contributed by atoms with Crippen LogP contribution in [-0.2, 0) is 0 Å². The first kappa shape index (κ1) is 11.8. The Bertz CT molecular complexity index is 286. The first-order valence-electron chi connectivity index (χ1n) is 5.46. The van der Waals surface area contributed by atoms with Crippen LogP contribution in [0, 0.1) is 5.92 Å². The van der Waals surface area contributed by atoms with E-state index in [1.165, 1.54) is 12.8 Å². The lowest BCUT2D eigenvalue weighted by Crippen LogP contribution is -2.05. The minimum atomic E-state index is 0.769. The average Bonchev–Trinajstić information content (AvgIpc) is 2.24. The maximum absolute atomic E-state index is 4.14. The van der Waals surface area contributed by atoms with Crippen molar-refractivity contribution in [2.45, 2.75) is 26.7 Å². The molecule has 0 aromatic carbocycles. The number of anilines is 2. The molecule has 0 aliphatic carbocycles. The molecule has 0 saturated carbocycles. The highest BCUT2D eigenvalue weighted by Crippen LogP contribution is 2.08. The highest BCUT2D eigenvalue weighted by Gasteiger charge is 1.97. The summed E-state index contributed by atoms with van der Waals surface area (Å²) in [5.41, 5.74) is 0. The van der Waals surface area contributed by atoms with Crippen LogP contribution in [0.1, 0.15) is 26.7 Å². The Morgan fingerprint density at radius 2 is 2.00 bits per heavy atom. The molecule has 0 bridgehead atoms. The Labute approximate surface area is 91.5 Å². The van der Waals surface area contributed by atoms with E-state index in [0.29, 0.717) is 0 Å². The summed E-state index contributed by atoms with van der Waals surface area (Å²) in [7, 11) is 1.85. The summed E-state index contributed by atoms with van der Waals surface area (Å²) in [6.07, 6.45) is 3.99. The summed E-state index contributed by atoms with van der Waals surface area (Å²) in [6.45, 7) is 5.45. The zero-order chi connectivity index (χ0) is 11.1. The molecule has 1 aromatic heterocycles. The molecular formula is C11H20N4. The Morgan fingerprint density at radius 1 is 1.27 bits per heavy atom. The van der Waals surface area contributed by atoms with Crippen LogP contribution in [0.5, 0.6) is 0 Å². The van der Waals surface area contributed by atoms with Crippen LogP contribution in [-0.4, -0.2) is 23.6 Å². The fourth-order valence-corrected chi connectivity index (χ4v) is 1.32. The standard InChI is InChI=1S/C11H20N4/c1-9(2)5-4-6-13-11-7-10(12-3)14-8-15-11/h7-9H,4-6H2,1-3H3,(H2,12,13,14,15). The van der Waals surface area contributed by atoms with Gasteiger partial charge >= 0.3 is 0 Å². The minimum absolute atomic E-state index is 0.769. The van der Waals surface area contributed by atoms with Gasteiger partial charge in [-0.3, -0.25) is 0 Å². The van der Waals surface area contributed by atoms with Crippen LogP contribution in [0.4, 0.5) is 11.6 Å². The van der Waals surface area contributed by atoms with Crippen molar-refractivity contribution in [3.8, 4) is 0 Å². The van der Waals surface area contributed by atoms with E-state index in [2.05, 4.69) is 34.4 Å². The molecular weight excluding hydrogens is 188 g/mol. The maximum Gasteiger partial charge on any atom is 0.131 e. The van der Waals surface area contributed by atoms with Gasteiger partial charge in [0.15, 0.2) is 0 Å². The first-order valence-corrected chi connectivity index (χ1v) is 5.46. The molecule has 4 nitrogen and oxygen atoms in total. The third-order valence-corrected chi connectivity index (χ3v) is 2.19. The molecule has 0 amide bonds. The van der Waals surface area contributed by atoms with E-state index in [-0.39, 0.29) is 0 Å². The summed E-state index contributed by atoms with van der Waals surface area (Å²) >= 11 is 0. The van der Waals surface area contributed by atoms with Gasteiger partial charge in [-0.2, -0.15) is 0 Å². The van der Waals surface area contributed by atoms with Crippen LogP contribution in [0.15, 0.2) is 12.4 Å². The van der Waals surface area contributed by atoms with Crippen LogP contribution in [0.3, 0.4) is 0 Å². The molecule has 0 aliphatic heterocycles. The second kappa shape index (κ2) is 6.22. The van der Waals surface area contributed by atoms with Gasteiger partial charge in [0.2, 0.25) is 0 Å². The van der Waals surface area contributed by atoms with Gasteiger partial charge in [-0.1, -0.05) is 13.8 Å². The van der Waals surface area contributed by atoms with E-state index in [1.807, 2.05) is 13.1 Å². The van der Waals surface area contributed by atoms with Crippen molar-refractivity contribution in [2.75, 3.05) is 24.2 Å². The Kier molecular flexibility index (Phi) is 4.87. The van der Waals surface area contributed by atoms with E-state index in [0.717, 1.165) is 24.1 Å². The highest BCUT2D eigenvalue weighted by atomic mass is 15.0. The number of hydrogen-bond acceptors (Lipinski definition) is 4. The molecule has 0 radical (unpaired) electrons. The van der Waals surface area contributed by atoms with Crippen molar-refractivity contribution in [3.63, 3.8) is 0 Å². The molecule has 1 rings (SSSR count). The molecule has 2 N–H and O–H groups in total. The zero-order valence-electron chi connectivity index (χ0n) is 9.75. The molecule has 0 fully saturated rings. The molecule has 0 unspecified atom stereocenters. The summed E-state index contributed by atoms with van der Waals surface area (Å²) in [6, 6.07) is 1.91. The van der Waals surface area contributed by atoms with Gasteiger partial charge in [-0.05, 0) is 18.8 Å². The van der Waals surface area contributed by atoms with Crippen molar-refractivity contribution in [3.05, 3.63) is 12.4 Å². The van der Waals surface area contributed by atoms with E-state index in [9.17, 15) is 0 Å². The minimum Gasteiger partial charge on any atom is -0.373 e. The normalized spacial score (nSPS) is 10.4. The molecule has 1 aromatic rings. The van der Waals surface area contributed by atoms with Crippen molar-refractivity contribution in [1.82, 2.24) is 9.97 Å². The van der Waals surface area contributed by atoms with Gasteiger partial charge in [-0.25, -0.2) is 9.97 Å². The zero-order valence-corrected chi connectivity index (χ0v) is 9.75. The van der Waals surface area contributed by atoms with E-state index in [4.69, 9.17) is 0 Å². The Hall–Kier alpha value is -1.32. The molecule has 0 saturated heterocycles. The van der Waals surface area contributed by atoms with E-state index in [1.54, 1.807) is 6.33 Å². The molecule has 0 spiro atoms. The van der Waals surface area contributed by atoms with Gasteiger partial charge in [0.1, 0.15) is 18.0 Å². The number of rotatable bonds is 6. The van der Waals surface area contributed by atoms with Gasteiger partial charge in [-0.15, -0.1) is 0 Å². The van der Waals surface area contributed by atoms with Gasteiger partial charge in [0.05, 0.1) is 0 Å². The molecule has 84 valence electrons. The summed E-state index contributed by atoms with van der Waals surface area (Å²) in [4.78, 5) is 8.19. The van der Waals surface area contributed by atoms with Crippen LogP contribution >= 0.6 is 0 Å². The summed E-state index contributed by atoms with van der Waals surface area (Å²) in [5, 5.41) is 6.27. The van der Waals surface area contributed by atoms with Crippen LogP contribution in [0.2, 0.25) is 0 Å². The lowest BCUT2D eigenvalue weighted by atomic mass is 10.1. The second-order valence-electron chi connectivity index (χ2n) is 4.00. The van der Waals surface area contributed by atoms with Crippen LogP contribution in [0.25, 0.3) is 0 Å². The van der Waals surface area contributed by atoms with E-state index < -0.39 is 0 Å². The second-order valence-corrected chi connectivity index (χ2v) is 4.00. The third kappa shape index (κ3) is 4.63. The number of nitrogens with zero attached hydrogens (tertiary/aromatic N) is 2. The lowest BCUT2D eigenvalue weighted by Gasteiger charge is -2.07. The molecule has 4 heteroatoms. The topological polar surface area (TPSA) is 49.8 Å². The molecule has 1 heterocycles. The van der Waals surface area contributed by atoms with Gasteiger partial charge < -0.3 is 10.6 Å². The monoisotopic (exact) mass is 208 g/mol. The van der Waals surface area contributed by atoms with Crippen LogP contribution < -0.4 is 10.6 Å². The Morgan fingerprint density at radius 3 is 2.67 bits per heavy atom.